The highest BCUT2D eigenvalue weighted by Crippen LogP contribution is 2.36. The second-order valence-electron chi connectivity index (χ2n) is 2.97. The zero-order chi connectivity index (χ0) is 7.73. The van der Waals surface area contributed by atoms with Crippen LogP contribution in [-0.4, -0.2) is 29.8 Å². The molecule has 2 saturated heterocycles. The van der Waals surface area contributed by atoms with E-state index in [0.29, 0.717) is 5.23 Å². The summed E-state index contributed by atoms with van der Waals surface area (Å²) in [6.45, 7) is 1.57. The number of hydrogen-bond donors (Lipinski definition) is 1. The summed E-state index contributed by atoms with van der Waals surface area (Å²) in [5.41, 5.74) is -0.0417. The average molecular weight is 173 g/mol. The summed E-state index contributed by atoms with van der Waals surface area (Å²) in [6.07, 6.45) is 1.89. The van der Waals surface area contributed by atoms with Crippen LogP contribution >= 0.6 is 11.8 Å². The van der Waals surface area contributed by atoms with Gasteiger partial charge in [-0.2, -0.15) is 0 Å². The fourth-order valence-electron chi connectivity index (χ4n) is 1.44. The summed E-state index contributed by atoms with van der Waals surface area (Å²) in [7, 11) is 0. The third kappa shape index (κ3) is 1.37. The molecule has 0 atom stereocenters. The molecule has 0 aromatic heterocycles. The van der Waals surface area contributed by atoms with Crippen molar-refractivity contribution in [3.8, 4) is 0 Å². The Morgan fingerprint density at radius 2 is 2.09 bits per heavy atom. The molecule has 0 saturated carbocycles. The maximum absolute atomic E-state index is 7.31. The van der Waals surface area contributed by atoms with Gasteiger partial charge in [-0.05, 0) is 0 Å². The monoisotopic (exact) mass is 173 g/mol. The topological polar surface area (TPSA) is 42.3 Å². The Morgan fingerprint density at radius 1 is 1.36 bits per heavy atom. The third-order valence-electron chi connectivity index (χ3n) is 2.18. The molecule has 2 heterocycles. The van der Waals surface area contributed by atoms with Crippen LogP contribution in [0.15, 0.2) is 0 Å². The molecule has 4 heteroatoms. The molecule has 0 bridgehead atoms. The smallest absolute Gasteiger partial charge is 0.243 e. The SMILES string of the molecule is N=C1OC2(CCOCC2)CS1. The highest BCUT2D eigenvalue weighted by molar-refractivity contribution is 8.13. The van der Waals surface area contributed by atoms with Crippen molar-refractivity contribution in [2.24, 2.45) is 0 Å². The van der Waals surface area contributed by atoms with E-state index >= 15 is 0 Å². The Hall–Kier alpha value is -0.220. The lowest BCUT2D eigenvalue weighted by atomic mass is 9.97. The first kappa shape index (κ1) is 7.43. The van der Waals surface area contributed by atoms with E-state index in [1.54, 1.807) is 0 Å². The van der Waals surface area contributed by atoms with Crippen molar-refractivity contribution in [3.05, 3.63) is 0 Å². The van der Waals surface area contributed by atoms with E-state index in [9.17, 15) is 0 Å². The van der Waals surface area contributed by atoms with Gasteiger partial charge in [-0.1, -0.05) is 11.8 Å². The molecule has 2 aliphatic heterocycles. The molecular weight excluding hydrogens is 162 g/mol. The number of hydrogen-bond acceptors (Lipinski definition) is 4. The van der Waals surface area contributed by atoms with Gasteiger partial charge < -0.3 is 9.47 Å². The Labute approximate surface area is 70.0 Å². The van der Waals surface area contributed by atoms with E-state index in [-0.39, 0.29) is 5.60 Å². The normalized spacial score (nSPS) is 28.9. The molecule has 0 radical (unpaired) electrons. The standard InChI is InChI=1S/C7H11NO2S/c8-6-10-7(5-11-6)1-3-9-4-2-7/h8H,1-5H2. The van der Waals surface area contributed by atoms with Crippen LogP contribution in [0, 0.1) is 5.41 Å². The van der Waals surface area contributed by atoms with Crippen LogP contribution in [0.25, 0.3) is 0 Å². The van der Waals surface area contributed by atoms with Gasteiger partial charge in [0.25, 0.3) is 0 Å². The van der Waals surface area contributed by atoms with Crippen LogP contribution in [0.5, 0.6) is 0 Å². The maximum Gasteiger partial charge on any atom is 0.243 e. The third-order valence-corrected chi connectivity index (χ3v) is 3.20. The number of ether oxygens (including phenoxy) is 2. The van der Waals surface area contributed by atoms with Crippen molar-refractivity contribution in [1.82, 2.24) is 0 Å². The predicted octanol–water partition coefficient (Wildman–Crippen LogP) is 1.23. The van der Waals surface area contributed by atoms with E-state index < -0.39 is 0 Å². The van der Waals surface area contributed by atoms with Crippen LogP contribution in [0.3, 0.4) is 0 Å². The molecule has 62 valence electrons. The minimum absolute atomic E-state index is 0.0417. The molecule has 0 aliphatic carbocycles. The summed E-state index contributed by atoms with van der Waals surface area (Å²) in [5, 5.41) is 7.69. The predicted molar refractivity (Wildman–Crippen MR) is 44.1 cm³/mol. The lowest BCUT2D eigenvalue weighted by Crippen LogP contribution is -2.38. The van der Waals surface area contributed by atoms with Gasteiger partial charge in [0.2, 0.25) is 5.23 Å². The van der Waals surface area contributed by atoms with Gasteiger partial charge in [0.05, 0.1) is 13.2 Å². The number of rotatable bonds is 0. The molecule has 0 aromatic rings. The quantitative estimate of drug-likeness (QED) is 0.599. The highest BCUT2D eigenvalue weighted by Gasteiger charge is 2.40. The van der Waals surface area contributed by atoms with E-state index in [4.69, 9.17) is 14.9 Å². The summed E-state index contributed by atoms with van der Waals surface area (Å²) < 4.78 is 10.7. The Bertz CT molecular complexity index is 177. The van der Waals surface area contributed by atoms with Crippen molar-refractivity contribution in [2.75, 3.05) is 19.0 Å². The van der Waals surface area contributed by atoms with E-state index in [2.05, 4.69) is 0 Å². The number of thioether (sulfide) groups is 1. The van der Waals surface area contributed by atoms with Gasteiger partial charge >= 0.3 is 0 Å². The summed E-state index contributed by atoms with van der Waals surface area (Å²) in [6, 6.07) is 0. The molecule has 0 unspecified atom stereocenters. The zero-order valence-corrected chi connectivity index (χ0v) is 7.08. The van der Waals surface area contributed by atoms with Gasteiger partial charge in [0, 0.05) is 18.6 Å². The van der Waals surface area contributed by atoms with Crippen molar-refractivity contribution < 1.29 is 9.47 Å². The zero-order valence-electron chi connectivity index (χ0n) is 6.26. The summed E-state index contributed by atoms with van der Waals surface area (Å²) in [5.74, 6) is 0.940. The molecule has 2 rings (SSSR count). The Morgan fingerprint density at radius 3 is 2.64 bits per heavy atom. The molecule has 1 spiro atoms. The summed E-state index contributed by atoms with van der Waals surface area (Å²) in [4.78, 5) is 0. The Balaban J connectivity index is 2.03. The van der Waals surface area contributed by atoms with Crippen LogP contribution in [0.4, 0.5) is 0 Å². The van der Waals surface area contributed by atoms with Crippen molar-refractivity contribution in [1.29, 1.82) is 5.41 Å². The fourth-order valence-corrected chi connectivity index (χ4v) is 2.42. The van der Waals surface area contributed by atoms with E-state index in [1.165, 1.54) is 11.8 Å². The van der Waals surface area contributed by atoms with Crippen LogP contribution in [0.2, 0.25) is 0 Å². The minimum Gasteiger partial charge on any atom is -0.466 e. The molecule has 0 amide bonds. The van der Waals surface area contributed by atoms with Gasteiger partial charge in [-0.3, -0.25) is 5.41 Å². The van der Waals surface area contributed by atoms with Crippen LogP contribution in [-0.2, 0) is 9.47 Å². The lowest BCUT2D eigenvalue weighted by molar-refractivity contribution is -0.0322. The fraction of sp³-hybridized carbons (Fsp3) is 0.857. The molecule has 3 nitrogen and oxygen atoms in total. The first-order valence-corrected chi connectivity index (χ1v) is 4.77. The van der Waals surface area contributed by atoms with E-state index in [0.717, 1.165) is 31.8 Å². The molecule has 2 aliphatic rings. The van der Waals surface area contributed by atoms with Crippen molar-refractivity contribution in [3.63, 3.8) is 0 Å². The van der Waals surface area contributed by atoms with E-state index in [1.807, 2.05) is 0 Å². The molecule has 11 heavy (non-hydrogen) atoms. The summed E-state index contributed by atoms with van der Waals surface area (Å²) >= 11 is 1.51. The first-order valence-electron chi connectivity index (χ1n) is 3.79. The molecular formula is C7H11NO2S. The second-order valence-corrected chi connectivity index (χ2v) is 3.92. The largest absolute Gasteiger partial charge is 0.466 e. The van der Waals surface area contributed by atoms with Crippen molar-refractivity contribution >= 4 is 17.0 Å². The first-order chi connectivity index (χ1) is 5.31. The van der Waals surface area contributed by atoms with Crippen LogP contribution < -0.4 is 0 Å². The Kier molecular flexibility index (Phi) is 1.81. The van der Waals surface area contributed by atoms with Gasteiger partial charge in [-0.25, -0.2) is 0 Å². The maximum atomic E-state index is 7.31. The lowest BCUT2D eigenvalue weighted by Gasteiger charge is -2.30. The second kappa shape index (κ2) is 2.68. The van der Waals surface area contributed by atoms with Crippen molar-refractivity contribution in [2.45, 2.75) is 18.4 Å². The molecule has 1 N–H and O–H groups in total. The minimum atomic E-state index is -0.0417. The van der Waals surface area contributed by atoms with Gasteiger partial charge in [0.15, 0.2) is 0 Å². The van der Waals surface area contributed by atoms with Crippen LogP contribution in [0.1, 0.15) is 12.8 Å². The molecule has 2 fully saturated rings. The molecule has 0 aromatic carbocycles. The number of nitrogens with one attached hydrogen (secondary N) is 1. The van der Waals surface area contributed by atoms with Gasteiger partial charge in [-0.15, -0.1) is 0 Å². The van der Waals surface area contributed by atoms with Gasteiger partial charge in [0.1, 0.15) is 5.60 Å². The average Bonchev–Trinajstić information content (AvgIpc) is 2.34. The highest BCUT2D eigenvalue weighted by atomic mass is 32.2.